The molecule has 0 aromatic carbocycles. The van der Waals surface area contributed by atoms with Crippen LogP contribution in [0.2, 0.25) is 0 Å². The van der Waals surface area contributed by atoms with Gasteiger partial charge in [-0.3, -0.25) is 14.4 Å². The number of carbonyl (C=O) groups excluding carboxylic acids is 1. The molecule has 5 aliphatic carbocycles. The second kappa shape index (κ2) is 12.7. The zero-order chi connectivity index (χ0) is 38.7. The summed E-state index contributed by atoms with van der Waals surface area (Å²) in [6.07, 6.45) is -6.62. The summed E-state index contributed by atoms with van der Waals surface area (Å²) in [6.45, 7) is 11.9. The fraction of sp³-hybridized carbons (Fsp3) is 0.868. The van der Waals surface area contributed by atoms with Crippen molar-refractivity contribution in [1.82, 2.24) is 0 Å². The standard InChI is InChI=1S/C38H58O14/c1-17-21(51-30-27(44)26(43)25(42)22(16-39)52-30)15-38(32(47)48)13-12-34(4)19(28(38)37(17,7)49)8-9-23-33(3)14-20(41)29(50-18(2)40)36(6,31(45)46)24(33)10-11-35(23,34)5/h8,17,20-30,39,41-44,49H,9-16H2,1-7H3,(H,45,46)(H,47,48)/t17-,20+,21+,22+,23+,24-,25-,26-,27-,28-,29+,30+,33-,34-,35+,36+,37+,38-/m1/s1. The van der Waals surface area contributed by atoms with Gasteiger partial charge in [-0.2, -0.15) is 0 Å². The van der Waals surface area contributed by atoms with E-state index in [0.717, 1.165) is 5.57 Å². The second-order valence-electron chi connectivity index (χ2n) is 18.2. The minimum absolute atomic E-state index is 0.0343. The van der Waals surface area contributed by atoms with E-state index >= 15 is 0 Å². The first-order valence-electron chi connectivity index (χ1n) is 18.7. The molecule has 4 saturated carbocycles. The average molecular weight is 739 g/mol. The van der Waals surface area contributed by atoms with E-state index in [-0.39, 0.29) is 25.2 Å². The summed E-state index contributed by atoms with van der Waals surface area (Å²) in [4.78, 5) is 38.7. The van der Waals surface area contributed by atoms with E-state index in [4.69, 9.17) is 14.2 Å². The largest absolute Gasteiger partial charge is 0.481 e. The molecular formula is C38H58O14. The summed E-state index contributed by atoms with van der Waals surface area (Å²) >= 11 is 0. The number of hydrogen-bond donors (Lipinski definition) is 8. The fourth-order valence-corrected chi connectivity index (χ4v) is 12.9. The Morgan fingerprint density at radius 1 is 0.904 bits per heavy atom. The maximum atomic E-state index is 13.6. The Labute approximate surface area is 304 Å². The van der Waals surface area contributed by atoms with Crippen LogP contribution in [0, 0.1) is 50.7 Å². The van der Waals surface area contributed by atoms with Crippen molar-refractivity contribution in [1.29, 1.82) is 0 Å². The van der Waals surface area contributed by atoms with E-state index in [1.54, 1.807) is 20.8 Å². The molecule has 6 rings (SSSR count). The summed E-state index contributed by atoms with van der Waals surface area (Å²) in [5.41, 5.74) is -5.61. The molecule has 0 unspecified atom stereocenters. The van der Waals surface area contributed by atoms with Crippen molar-refractivity contribution in [3.63, 3.8) is 0 Å². The molecule has 1 aliphatic heterocycles. The van der Waals surface area contributed by atoms with Crippen LogP contribution in [0.5, 0.6) is 0 Å². The molecule has 0 spiro atoms. The van der Waals surface area contributed by atoms with Gasteiger partial charge in [0.05, 0.1) is 29.8 Å². The molecule has 5 fully saturated rings. The zero-order valence-electron chi connectivity index (χ0n) is 31.2. The summed E-state index contributed by atoms with van der Waals surface area (Å²) in [5.74, 6) is -4.96. The third-order valence-electron chi connectivity index (χ3n) is 16.0. The van der Waals surface area contributed by atoms with E-state index < -0.39 is 124 Å². The molecule has 0 aromatic heterocycles. The van der Waals surface area contributed by atoms with Crippen molar-refractivity contribution in [3.8, 4) is 0 Å². The molecule has 52 heavy (non-hydrogen) atoms. The number of hydrogen-bond acceptors (Lipinski definition) is 12. The monoisotopic (exact) mass is 738 g/mol. The average Bonchev–Trinajstić information content (AvgIpc) is 3.05. The highest BCUT2D eigenvalue weighted by Crippen LogP contribution is 2.76. The quantitative estimate of drug-likeness (QED) is 0.110. The topological polar surface area (TPSA) is 241 Å². The van der Waals surface area contributed by atoms with Crippen LogP contribution in [0.1, 0.15) is 93.4 Å². The second-order valence-corrected chi connectivity index (χ2v) is 18.2. The number of carboxylic acids is 2. The fourth-order valence-electron chi connectivity index (χ4n) is 12.9. The first-order chi connectivity index (χ1) is 24.0. The van der Waals surface area contributed by atoms with E-state index in [9.17, 15) is 55.2 Å². The maximum Gasteiger partial charge on any atom is 0.313 e. The molecule has 0 amide bonds. The van der Waals surface area contributed by atoms with Crippen molar-refractivity contribution >= 4 is 17.9 Å². The van der Waals surface area contributed by atoms with Gasteiger partial charge in [-0.1, -0.05) is 39.3 Å². The Morgan fingerprint density at radius 3 is 2.13 bits per heavy atom. The maximum absolute atomic E-state index is 13.6. The molecule has 0 radical (unpaired) electrons. The Kier molecular flexibility index (Phi) is 9.64. The molecule has 14 nitrogen and oxygen atoms in total. The highest BCUT2D eigenvalue weighted by molar-refractivity contribution is 5.78. The number of fused-ring (bicyclic) bond motifs is 7. The molecule has 6 aliphatic rings. The minimum atomic E-state index is -1.69. The summed E-state index contributed by atoms with van der Waals surface area (Å²) in [5, 5.41) is 86.9. The van der Waals surface area contributed by atoms with Crippen LogP contribution in [0.4, 0.5) is 0 Å². The van der Waals surface area contributed by atoms with Gasteiger partial charge in [-0.05, 0) is 86.9 Å². The van der Waals surface area contributed by atoms with Crippen molar-refractivity contribution in [2.24, 2.45) is 50.7 Å². The van der Waals surface area contributed by atoms with Gasteiger partial charge in [0.15, 0.2) is 6.29 Å². The Balaban J connectivity index is 1.38. The van der Waals surface area contributed by atoms with Gasteiger partial charge in [-0.25, -0.2) is 0 Å². The van der Waals surface area contributed by atoms with Gasteiger partial charge in [0.2, 0.25) is 0 Å². The van der Waals surface area contributed by atoms with Crippen LogP contribution in [0.3, 0.4) is 0 Å². The number of carboxylic acid groups (broad SMARTS) is 2. The Hall–Kier alpha value is -2.17. The van der Waals surface area contributed by atoms with E-state index in [2.05, 4.69) is 19.9 Å². The van der Waals surface area contributed by atoms with Gasteiger partial charge < -0.3 is 55.1 Å². The van der Waals surface area contributed by atoms with Crippen molar-refractivity contribution in [3.05, 3.63) is 11.6 Å². The predicted molar refractivity (Wildman–Crippen MR) is 181 cm³/mol. The van der Waals surface area contributed by atoms with Gasteiger partial charge in [-0.15, -0.1) is 0 Å². The third-order valence-corrected chi connectivity index (χ3v) is 16.0. The molecule has 18 atom stereocenters. The lowest BCUT2D eigenvalue weighted by molar-refractivity contribution is -0.328. The summed E-state index contributed by atoms with van der Waals surface area (Å²) < 4.78 is 17.3. The van der Waals surface area contributed by atoms with E-state index in [1.807, 2.05) is 6.92 Å². The molecule has 0 bridgehead atoms. The molecule has 8 N–H and O–H groups in total. The van der Waals surface area contributed by atoms with Crippen LogP contribution >= 0.6 is 0 Å². The number of aliphatic carboxylic acids is 2. The first kappa shape index (κ1) is 39.5. The summed E-state index contributed by atoms with van der Waals surface area (Å²) in [7, 11) is 0. The molecule has 1 heterocycles. The first-order valence-corrected chi connectivity index (χ1v) is 18.7. The molecule has 14 heteroatoms. The normalized spacial score (nSPS) is 54.4. The van der Waals surface area contributed by atoms with E-state index in [0.29, 0.717) is 25.7 Å². The van der Waals surface area contributed by atoms with Gasteiger partial charge in [0, 0.05) is 18.8 Å². The number of allylic oxidation sites excluding steroid dienone is 1. The zero-order valence-corrected chi connectivity index (χ0v) is 31.2. The minimum Gasteiger partial charge on any atom is -0.481 e. The number of carbonyl (C=O) groups is 3. The number of esters is 1. The highest BCUT2D eigenvalue weighted by Gasteiger charge is 2.74. The van der Waals surface area contributed by atoms with Crippen LogP contribution in [-0.2, 0) is 28.6 Å². The van der Waals surface area contributed by atoms with Gasteiger partial charge >= 0.3 is 17.9 Å². The number of rotatable bonds is 6. The molecule has 0 aromatic rings. The lowest BCUT2D eigenvalue weighted by Crippen LogP contribution is -2.71. The smallest absolute Gasteiger partial charge is 0.313 e. The van der Waals surface area contributed by atoms with E-state index in [1.165, 1.54) is 6.92 Å². The lowest BCUT2D eigenvalue weighted by atomic mass is 9.32. The lowest BCUT2D eigenvalue weighted by Gasteiger charge is -2.72. The van der Waals surface area contributed by atoms with Crippen LogP contribution < -0.4 is 0 Å². The van der Waals surface area contributed by atoms with Gasteiger partial charge in [0.1, 0.15) is 35.9 Å². The molecule has 294 valence electrons. The third kappa shape index (κ3) is 5.14. The van der Waals surface area contributed by atoms with Crippen LogP contribution in [0.15, 0.2) is 11.6 Å². The Morgan fingerprint density at radius 2 is 1.56 bits per heavy atom. The number of aliphatic hydroxyl groups excluding tert-OH is 5. The van der Waals surface area contributed by atoms with Crippen LogP contribution in [-0.4, -0.2) is 120 Å². The number of aliphatic hydroxyl groups is 6. The molecular weight excluding hydrogens is 680 g/mol. The Bertz CT molecular complexity index is 1500. The molecule has 1 saturated heterocycles. The van der Waals surface area contributed by atoms with Crippen molar-refractivity contribution in [2.45, 2.75) is 148 Å². The van der Waals surface area contributed by atoms with Crippen molar-refractivity contribution < 1.29 is 69.4 Å². The van der Waals surface area contributed by atoms with Gasteiger partial charge in [0.25, 0.3) is 0 Å². The summed E-state index contributed by atoms with van der Waals surface area (Å²) in [6, 6.07) is 0. The number of ether oxygens (including phenoxy) is 3. The predicted octanol–water partition coefficient (Wildman–Crippen LogP) is 1.61. The van der Waals surface area contributed by atoms with Crippen LogP contribution in [0.25, 0.3) is 0 Å². The highest BCUT2D eigenvalue weighted by atomic mass is 16.7. The SMILES string of the molecule is CC(=O)O[C@H]1[C@@H](O)C[C@@]2(C)[C@@H](CC[C@@]3(C)[C@H]2CC=C2[C@H]4[C@@](C(=O)O)(CC[C@]23C)C[C@H](O[C@H]2O[C@@H](CO)[C@@H](O)[C@@H](O)[C@H]2O)[C@@H](C)[C@]4(C)O)[C@]1(C)C(=O)O. The van der Waals surface area contributed by atoms with Crippen molar-refractivity contribution in [2.75, 3.05) is 6.61 Å².